The van der Waals surface area contributed by atoms with E-state index in [0.717, 1.165) is 18.4 Å². The summed E-state index contributed by atoms with van der Waals surface area (Å²) in [5.41, 5.74) is 0.857. The summed E-state index contributed by atoms with van der Waals surface area (Å²) < 4.78 is 21.8. The number of hydrogen-bond acceptors (Lipinski definition) is 6. The van der Waals surface area contributed by atoms with Crippen LogP contribution in [0.5, 0.6) is 11.5 Å². The van der Waals surface area contributed by atoms with E-state index in [1.54, 1.807) is 25.0 Å². The van der Waals surface area contributed by atoms with Crippen molar-refractivity contribution in [2.24, 2.45) is 5.92 Å². The summed E-state index contributed by atoms with van der Waals surface area (Å²) in [6.07, 6.45) is 0.845. The number of methoxy groups -OCH3 is 1. The molecular weight excluding hydrogens is 338 g/mol. The SMILES string of the molecule is CCCCOC(=O)N1C[C@@H](C(=O)OCC)[C@@H]2Oc3cc(OC)ccc3[C@@H]21. The van der Waals surface area contributed by atoms with Crippen LogP contribution in [0.15, 0.2) is 18.2 Å². The van der Waals surface area contributed by atoms with Gasteiger partial charge in [-0.05, 0) is 25.5 Å². The van der Waals surface area contributed by atoms with Gasteiger partial charge >= 0.3 is 12.1 Å². The Bertz CT molecular complexity index is 676. The first-order chi connectivity index (χ1) is 12.6. The number of unbranched alkanes of at least 4 members (excludes halogenated alkanes) is 1. The summed E-state index contributed by atoms with van der Waals surface area (Å²) in [6.45, 7) is 4.67. The fraction of sp³-hybridized carbons (Fsp3) is 0.579. The van der Waals surface area contributed by atoms with Crippen molar-refractivity contribution in [2.75, 3.05) is 26.9 Å². The van der Waals surface area contributed by atoms with E-state index in [4.69, 9.17) is 18.9 Å². The van der Waals surface area contributed by atoms with Crippen molar-refractivity contribution < 1.29 is 28.5 Å². The number of nitrogens with zero attached hydrogens (tertiary/aromatic N) is 1. The van der Waals surface area contributed by atoms with E-state index < -0.39 is 18.1 Å². The fourth-order valence-corrected chi connectivity index (χ4v) is 3.49. The summed E-state index contributed by atoms with van der Waals surface area (Å²) in [5, 5.41) is 0. The molecule has 0 bridgehead atoms. The van der Waals surface area contributed by atoms with Crippen molar-refractivity contribution in [3.05, 3.63) is 23.8 Å². The zero-order valence-electron chi connectivity index (χ0n) is 15.4. The molecule has 1 fully saturated rings. The van der Waals surface area contributed by atoms with Crippen LogP contribution in [-0.2, 0) is 14.3 Å². The summed E-state index contributed by atoms with van der Waals surface area (Å²) in [4.78, 5) is 26.6. The molecule has 0 N–H and O–H groups in total. The van der Waals surface area contributed by atoms with Crippen molar-refractivity contribution in [3.63, 3.8) is 0 Å². The summed E-state index contributed by atoms with van der Waals surface area (Å²) in [5.74, 6) is 0.386. The molecule has 0 aliphatic carbocycles. The van der Waals surface area contributed by atoms with Gasteiger partial charge in [-0.2, -0.15) is 0 Å². The van der Waals surface area contributed by atoms with Gasteiger partial charge in [-0.25, -0.2) is 4.79 Å². The molecule has 2 aliphatic rings. The normalized spacial score (nSPS) is 23.0. The molecule has 0 spiro atoms. The Balaban J connectivity index is 1.86. The molecule has 7 heteroatoms. The molecule has 1 aromatic carbocycles. The molecule has 142 valence electrons. The lowest BCUT2D eigenvalue weighted by Crippen LogP contribution is -2.33. The molecule has 1 aromatic rings. The molecule has 0 unspecified atom stereocenters. The van der Waals surface area contributed by atoms with Crippen molar-refractivity contribution in [3.8, 4) is 11.5 Å². The van der Waals surface area contributed by atoms with E-state index in [1.807, 2.05) is 19.1 Å². The van der Waals surface area contributed by atoms with Crippen molar-refractivity contribution in [1.82, 2.24) is 4.90 Å². The molecule has 2 heterocycles. The predicted molar refractivity (Wildman–Crippen MR) is 93.2 cm³/mol. The van der Waals surface area contributed by atoms with E-state index in [1.165, 1.54) is 0 Å². The third-order valence-corrected chi connectivity index (χ3v) is 4.79. The highest BCUT2D eigenvalue weighted by Gasteiger charge is 2.54. The lowest BCUT2D eigenvalue weighted by molar-refractivity contribution is -0.149. The van der Waals surface area contributed by atoms with Crippen LogP contribution in [0.2, 0.25) is 0 Å². The minimum absolute atomic E-state index is 0.227. The Kier molecular flexibility index (Phi) is 5.54. The van der Waals surface area contributed by atoms with E-state index >= 15 is 0 Å². The van der Waals surface area contributed by atoms with Crippen molar-refractivity contribution in [2.45, 2.75) is 38.8 Å². The highest BCUT2D eigenvalue weighted by Crippen LogP contribution is 2.49. The van der Waals surface area contributed by atoms with Crippen LogP contribution < -0.4 is 9.47 Å². The zero-order valence-corrected chi connectivity index (χ0v) is 15.4. The monoisotopic (exact) mass is 363 g/mol. The molecule has 0 aromatic heterocycles. The highest BCUT2D eigenvalue weighted by molar-refractivity contribution is 5.78. The van der Waals surface area contributed by atoms with Gasteiger partial charge in [-0.15, -0.1) is 0 Å². The topological polar surface area (TPSA) is 74.3 Å². The fourth-order valence-electron chi connectivity index (χ4n) is 3.49. The lowest BCUT2D eigenvalue weighted by atomic mass is 9.99. The Morgan fingerprint density at radius 1 is 1.27 bits per heavy atom. The van der Waals surface area contributed by atoms with Crippen molar-refractivity contribution >= 4 is 12.1 Å². The maximum absolute atomic E-state index is 12.6. The van der Waals surface area contributed by atoms with Gasteiger partial charge in [-0.3, -0.25) is 9.69 Å². The third-order valence-electron chi connectivity index (χ3n) is 4.79. The van der Waals surface area contributed by atoms with E-state index in [9.17, 15) is 9.59 Å². The number of benzene rings is 1. The molecule has 7 nitrogen and oxygen atoms in total. The number of rotatable bonds is 6. The highest BCUT2D eigenvalue weighted by atomic mass is 16.6. The summed E-state index contributed by atoms with van der Waals surface area (Å²) in [7, 11) is 1.58. The second kappa shape index (κ2) is 7.85. The number of hydrogen-bond donors (Lipinski definition) is 0. The van der Waals surface area contributed by atoms with Crippen molar-refractivity contribution in [1.29, 1.82) is 0 Å². The quantitative estimate of drug-likeness (QED) is 0.571. The summed E-state index contributed by atoms with van der Waals surface area (Å²) in [6, 6.07) is 5.11. The number of amides is 1. The Labute approximate surface area is 153 Å². The first-order valence-electron chi connectivity index (χ1n) is 9.05. The van der Waals surface area contributed by atoms with Crippen LogP contribution in [0.1, 0.15) is 38.3 Å². The maximum atomic E-state index is 12.6. The number of carbonyl (C=O) groups excluding carboxylic acids is 2. The van der Waals surface area contributed by atoms with Gasteiger partial charge in [0, 0.05) is 18.2 Å². The molecular formula is C19H25NO6. The maximum Gasteiger partial charge on any atom is 0.410 e. The van der Waals surface area contributed by atoms with E-state index in [-0.39, 0.29) is 25.2 Å². The third kappa shape index (κ3) is 3.30. The lowest BCUT2D eigenvalue weighted by Gasteiger charge is -2.22. The Morgan fingerprint density at radius 3 is 2.77 bits per heavy atom. The van der Waals surface area contributed by atoms with Gasteiger partial charge in [0.25, 0.3) is 0 Å². The number of ether oxygens (including phenoxy) is 4. The average Bonchev–Trinajstić information content (AvgIpc) is 3.18. The second-order valence-electron chi connectivity index (χ2n) is 6.41. The van der Waals surface area contributed by atoms with E-state index in [0.29, 0.717) is 18.1 Å². The molecule has 1 amide bonds. The Hall–Kier alpha value is -2.44. The van der Waals surface area contributed by atoms with Crippen LogP contribution in [0.3, 0.4) is 0 Å². The number of esters is 1. The number of likely N-dealkylation sites (tertiary alicyclic amines) is 1. The van der Waals surface area contributed by atoms with Gasteiger partial charge in [0.15, 0.2) is 0 Å². The molecule has 3 rings (SSSR count). The van der Waals surface area contributed by atoms with Crippen LogP contribution in [-0.4, -0.2) is 49.9 Å². The molecule has 3 atom stereocenters. The van der Waals surface area contributed by atoms with Gasteiger partial charge < -0.3 is 18.9 Å². The molecule has 2 aliphatic heterocycles. The van der Waals surface area contributed by atoms with Crippen LogP contribution in [0.25, 0.3) is 0 Å². The summed E-state index contributed by atoms with van der Waals surface area (Å²) >= 11 is 0. The molecule has 26 heavy (non-hydrogen) atoms. The van der Waals surface area contributed by atoms with Gasteiger partial charge in [0.2, 0.25) is 0 Å². The average molecular weight is 363 g/mol. The second-order valence-corrected chi connectivity index (χ2v) is 6.41. The van der Waals surface area contributed by atoms with Gasteiger partial charge in [0.1, 0.15) is 29.6 Å². The van der Waals surface area contributed by atoms with E-state index in [2.05, 4.69) is 0 Å². The minimum Gasteiger partial charge on any atom is -0.497 e. The largest absolute Gasteiger partial charge is 0.497 e. The number of fused-ring (bicyclic) bond motifs is 3. The molecule has 1 saturated heterocycles. The van der Waals surface area contributed by atoms with Crippen LogP contribution in [0, 0.1) is 5.92 Å². The molecule has 0 radical (unpaired) electrons. The molecule has 0 saturated carbocycles. The first-order valence-corrected chi connectivity index (χ1v) is 9.05. The first kappa shape index (κ1) is 18.4. The zero-order chi connectivity index (χ0) is 18.7. The Morgan fingerprint density at radius 2 is 2.08 bits per heavy atom. The van der Waals surface area contributed by atoms with Gasteiger partial charge in [0.05, 0.1) is 20.3 Å². The number of carbonyl (C=O) groups is 2. The standard InChI is InChI=1S/C19H25NO6/c1-4-6-9-25-19(22)20-11-14(18(21)24-5-2)17-16(20)13-8-7-12(23-3)10-15(13)26-17/h7-8,10,14,16-17H,4-6,9,11H2,1-3H3/t14-,16+,17+/m1/s1. The minimum atomic E-state index is -0.544. The van der Waals surface area contributed by atoms with Crippen LogP contribution >= 0.6 is 0 Å². The predicted octanol–water partition coefficient (Wildman–Crippen LogP) is 2.93. The van der Waals surface area contributed by atoms with Crippen LogP contribution in [0.4, 0.5) is 4.79 Å². The smallest absolute Gasteiger partial charge is 0.410 e. The van der Waals surface area contributed by atoms with Gasteiger partial charge in [-0.1, -0.05) is 13.3 Å².